The van der Waals surface area contributed by atoms with Crippen LogP contribution in [0.2, 0.25) is 0 Å². The minimum atomic E-state index is -4.04. The lowest BCUT2D eigenvalue weighted by atomic mass is 9.68. The van der Waals surface area contributed by atoms with E-state index in [0.29, 0.717) is 6.42 Å². The van der Waals surface area contributed by atoms with E-state index < -0.39 is 103 Å². The van der Waals surface area contributed by atoms with E-state index in [2.05, 4.69) is 0 Å². The predicted octanol–water partition coefficient (Wildman–Crippen LogP) is 5.74. The summed E-state index contributed by atoms with van der Waals surface area (Å²) in [4.78, 5) is 0. The van der Waals surface area contributed by atoms with Crippen LogP contribution < -0.4 is 4.74 Å². The van der Waals surface area contributed by atoms with Crippen LogP contribution in [0.4, 0.5) is 0 Å². The fourth-order valence-electron chi connectivity index (χ4n) is 2.50. The molecule has 2 nitrogen and oxygen atoms in total. The summed E-state index contributed by atoms with van der Waals surface area (Å²) >= 11 is 0. The Labute approximate surface area is 165 Å². The number of ether oxygens (including phenoxy) is 1. The molecule has 0 spiro atoms. The van der Waals surface area contributed by atoms with Gasteiger partial charge in [-0.3, -0.25) is 0 Å². The van der Waals surface area contributed by atoms with Gasteiger partial charge in [0.2, 0.25) is 0 Å². The van der Waals surface area contributed by atoms with Crippen LogP contribution >= 0.6 is 0 Å². The van der Waals surface area contributed by atoms with Gasteiger partial charge in [0.25, 0.3) is 0 Å². The van der Waals surface area contributed by atoms with Crippen molar-refractivity contribution >= 4 is 0 Å². The zero-order valence-electron chi connectivity index (χ0n) is 30.7. The molecule has 2 heteroatoms. The Morgan fingerprint density at radius 1 is 1.52 bits per heavy atom. The molecule has 0 radical (unpaired) electrons. The number of rotatable bonds is 4. The van der Waals surface area contributed by atoms with Crippen molar-refractivity contribution in [3.63, 3.8) is 0 Å². The Morgan fingerprint density at radius 2 is 2.39 bits per heavy atom. The fraction of sp³-hybridized carbons (Fsp3) is 0.619. The van der Waals surface area contributed by atoms with Crippen LogP contribution in [-0.4, -0.2) is 10.7 Å². The molecule has 2 atom stereocenters. The Balaban J connectivity index is 2.75. The van der Waals surface area contributed by atoms with Crippen molar-refractivity contribution < 1.29 is 34.5 Å². The van der Waals surface area contributed by atoms with Gasteiger partial charge >= 0.3 is 0 Å². The highest BCUT2D eigenvalue weighted by Gasteiger charge is 2.45. The fourth-order valence-corrected chi connectivity index (χ4v) is 2.50. The molecular weight excluding hydrogens is 284 g/mol. The normalized spacial score (nSPS) is 47.9. The zero-order chi connectivity index (χ0) is 32.2. The van der Waals surface area contributed by atoms with E-state index in [0.717, 1.165) is 0 Å². The molecule has 0 bridgehead atoms. The van der Waals surface area contributed by atoms with E-state index >= 15 is 0 Å². The first-order valence-corrected chi connectivity index (χ1v) is 7.40. The van der Waals surface area contributed by atoms with Gasteiger partial charge in [-0.25, -0.2) is 0 Å². The van der Waals surface area contributed by atoms with Crippen molar-refractivity contribution in [3.8, 4) is 11.5 Å². The maximum absolute atomic E-state index is 11.2. The molecule has 0 fully saturated rings. The second-order valence-electron chi connectivity index (χ2n) is 5.45. The monoisotopic (exact) mass is 332 g/mol. The van der Waals surface area contributed by atoms with Crippen LogP contribution in [0, 0.1) is 5.89 Å². The van der Waals surface area contributed by atoms with Crippen molar-refractivity contribution in [1.29, 1.82) is 0 Å². The highest BCUT2D eigenvalue weighted by molar-refractivity contribution is 5.53. The van der Waals surface area contributed by atoms with Crippen LogP contribution in [0.1, 0.15) is 101 Å². The van der Waals surface area contributed by atoms with Gasteiger partial charge in [0.1, 0.15) is 17.1 Å². The lowest BCUT2D eigenvalue weighted by molar-refractivity contribution is 0.0107. The molecule has 3 rings (SSSR count). The molecule has 0 saturated carbocycles. The molecule has 0 unspecified atom stereocenters. The maximum Gasteiger partial charge on any atom is 0.127 e. The summed E-state index contributed by atoms with van der Waals surface area (Å²) in [5, 5.41) is 11.2. The number of unbranched alkanes of at least 4 members (excludes halogenated alkanes) is 1. The van der Waals surface area contributed by atoms with E-state index in [1.807, 2.05) is 0 Å². The number of benzene rings is 1. The lowest BCUT2D eigenvalue weighted by Crippen LogP contribution is -2.45. The van der Waals surface area contributed by atoms with Crippen LogP contribution in [0.5, 0.6) is 11.5 Å². The number of allylic oxidation sites excluding steroid dienone is 2. The van der Waals surface area contributed by atoms with E-state index in [-0.39, 0.29) is 12.8 Å². The summed E-state index contributed by atoms with van der Waals surface area (Å²) in [6.45, 7) is -9.56. The Kier molecular flexibility index (Phi) is 1.43. The van der Waals surface area contributed by atoms with Gasteiger partial charge in [0.05, 0.1) is 4.11 Å². The highest BCUT2D eigenvalue weighted by Crippen LogP contribution is 2.53. The third kappa shape index (κ3) is 3.13. The third-order valence-corrected chi connectivity index (χ3v) is 3.60. The van der Waals surface area contributed by atoms with Gasteiger partial charge in [-0.15, -0.1) is 0 Å². The first-order valence-electron chi connectivity index (χ1n) is 16.4. The molecule has 0 saturated heterocycles. The zero-order valence-corrected chi connectivity index (χ0v) is 12.7. The molecule has 1 heterocycles. The number of fused-ring (bicyclic) bond motifs is 3. The quantitative estimate of drug-likeness (QED) is 0.713. The largest absolute Gasteiger partial charge is 0.507 e. The number of phenolic OH excluding ortho intramolecular Hbond substituents is 1. The van der Waals surface area contributed by atoms with Gasteiger partial charge in [-0.05, 0) is 63.8 Å². The predicted molar refractivity (Wildman–Crippen MR) is 95.3 cm³/mol. The van der Waals surface area contributed by atoms with Crippen molar-refractivity contribution in [2.75, 3.05) is 0 Å². The number of hydrogen-bond acceptors (Lipinski definition) is 2. The van der Waals surface area contributed by atoms with Gasteiger partial charge in [0, 0.05) is 37.9 Å². The molecule has 1 aliphatic carbocycles. The molecular formula is C21H30O2. The molecule has 1 aromatic carbocycles. The molecule has 1 aromatic rings. The standard InChI is InChI=1S/C21H30O2/c1-5-6-7-8-15-12-18(22)20-16-11-14(2)9-10-17(16)21(3,4)23-19(20)13-15/h11-13,16-17,22H,5-10H2,1-4H3/t16-,17-/m1/s1/i2D3,3D3,4D3,8D2,10D2,11D,12D,13D,16D,17D. The average Bonchev–Trinajstić information content (AvgIpc) is 2.77. The summed E-state index contributed by atoms with van der Waals surface area (Å²) in [6.07, 6.45) is -7.02. The van der Waals surface area contributed by atoms with Crippen molar-refractivity contribution in [3.05, 3.63) is 34.8 Å². The molecule has 1 N–H and O–H groups in total. The summed E-state index contributed by atoms with van der Waals surface area (Å²) in [5.41, 5.74) is -7.18. The van der Waals surface area contributed by atoms with Gasteiger partial charge in [-0.2, -0.15) is 0 Å². The molecule has 1 aliphatic heterocycles. The minimum Gasteiger partial charge on any atom is -0.507 e. The number of phenols is 1. The van der Waals surface area contributed by atoms with Gasteiger partial charge in [0.15, 0.2) is 0 Å². The van der Waals surface area contributed by atoms with E-state index in [4.69, 9.17) is 26.7 Å². The van der Waals surface area contributed by atoms with Crippen LogP contribution in [0.3, 0.4) is 0 Å². The highest BCUT2D eigenvalue weighted by atomic mass is 16.5. The van der Waals surface area contributed by atoms with E-state index in [1.54, 1.807) is 6.92 Å². The van der Waals surface area contributed by atoms with E-state index in [9.17, 15) is 7.85 Å². The molecule has 23 heavy (non-hydrogen) atoms. The second-order valence-corrected chi connectivity index (χ2v) is 5.45. The summed E-state index contributed by atoms with van der Waals surface area (Å²) in [5.74, 6) is -10.2. The molecule has 0 aromatic heterocycles. The van der Waals surface area contributed by atoms with Crippen LogP contribution in [0.25, 0.3) is 0 Å². The third-order valence-electron chi connectivity index (χ3n) is 3.60. The summed E-state index contributed by atoms with van der Waals surface area (Å²) in [7, 11) is 0. The minimum absolute atomic E-state index is 0.235. The first kappa shape index (κ1) is 5.28. The van der Waals surface area contributed by atoms with Crippen LogP contribution in [-0.2, 0) is 6.37 Å². The van der Waals surface area contributed by atoms with E-state index in [1.165, 1.54) is 0 Å². The van der Waals surface area contributed by atoms with Gasteiger partial charge < -0.3 is 9.84 Å². The molecule has 126 valence electrons. The smallest absolute Gasteiger partial charge is 0.127 e. The average molecular weight is 333 g/mol. The van der Waals surface area contributed by atoms with Crippen molar-refractivity contribution in [2.45, 2.75) is 77.4 Å². The Morgan fingerprint density at radius 3 is 3.13 bits per heavy atom. The molecule has 0 amide bonds. The topological polar surface area (TPSA) is 29.5 Å². The maximum atomic E-state index is 11.2. The van der Waals surface area contributed by atoms with Crippen LogP contribution in [0.15, 0.2) is 23.7 Å². The lowest BCUT2D eigenvalue weighted by Gasteiger charge is -2.46. The summed E-state index contributed by atoms with van der Waals surface area (Å²) in [6, 6.07) is -3.68. The van der Waals surface area contributed by atoms with Crippen molar-refractivity contribution in [2.24, 2.45) is 5.89 Å². The van der Waals surface area contributed by atoms with Gasteiger partial charge in [-0.1, -0.05) is 31.4 Å². The first-order chi connectivity index (χ1) is 18.1. The molecule has 2 aliphatic rings. The SMILES string of the molecule is [2H]C1=C(C([2H])([2H])[2H])CC([2H])([2H])[C@@]2([2H])C(C([2H])([2H])[2H])(C([2H])([2H])[2H])Oc3c([2H])c(C([2H])([2H])CCCC)c([2H])c(O)c3[C@]12[2H]. The van der Waals surface area contributed by atoms with Crippen molar-refractivity contribution in [1.82, 2.24) is 0 Å². The Hall–Kier alpha value is -1.44. The Bertz CT molecular complexity index is 1260. The summed E-state index contributed by atoms with van der Waals surface area (Å²) < 4.78 is 157. The number of hydrogen-bond donors (Lipinski definition) is 1. The second kappa shape index (κ2) is 6.22. The number of aromatic hydroxyl groups is 1.